The number of hydrogen-bond donors (Lipinski definition) is 2. The minimum atomic E-state index is -3.50. The van der Waals surface area contributed by atoms with Gasteiger partial charge in [0.25, 0.3) is 5.91 Å². The number of rotatable bonds is 7. The van der Waals surface area contributed by atoms with Crippen molar-refractivity contribution in [1.82, 2.24) is 9.62 Å². The van der Waals surface area contributed by atoms with E-state index < -0.39 is 10.0 Å². The molecule has 0 aliphatic carbocycles. The highest BCUT2D eigenvalue weighted by molar-refractivity contribution is 7.89. The number of carbonyl (C=O) groups is 1. The molecule has 0 spiro atoms. The van der Waals surface area contributed by atoms with Gasteiger partial charge in [-0.2, -0.15) is 0 Å². The molecule has 2 N–H and O–H groups in total. The maximum absolute atomic E-state index is 12.4. The number of nitrogens with one attached hydrogen (secondary N) is 2. The summed E-state index contributed by atoms with van der Waals surface area (Å²) in [6, 6.07) is 16.3. The normalized spacial score (nSPS) is 19.8. The number of morpholine rings is 1. The summed E-state index contributed by atoms with van der Waals surface area (Å²) in [7, 11) is -0.551. The van der Waals surface area contributed by atoms with Crippen molar-refractivity contribution in [2.24, 2.45) is 0 Å². The van der Waals surface area contributed by atoms with E-state index in [0.29, 0.717) is 18.7 Å². The largest absolute Gasteiger partial charge is 0.365 e. The second-order valence-electron chi connectivity index (χ2n) is 7.38. The predicted octanol–water partition coefficient (Wildman–Crippen LogP) is 0.151. The summed E-state index contributed by atoms with van der Waals surface area (Å²) in [6.07, 6.45) is -0.0418. The fourth-order valence-electron chi connectivity index (χ4n) is 3.33. The Hall–Kier alpha value is -2.26. The molecule has 2 atom stereocenters. The van der Waals surface area contributed by atoms with Gasteiger partial charge in [-0.3, -0.25) is 4.79 Å². The molecule has 1 aliphatic rings. The van der Waals surface area contributed by atoms with E-state index in [2.05, 4.69) is 17.4 Å². The number of sulfonamides is 1. The summed E-state index contributed by atoms with van der Waals surface area (Å²) in [4.78, 5) is 14.0. The summed E-state index contributed by atoms with van der Waals surface area (Å²) in [5.74, 6) is -0.238. The zero-order valence-corrected chi connectivity index (χ0v) is 17.6. The zero-order chi connectivity index (χ0) is 20.9. The third-order valence-electron chi connectivity index (χ3n) is 5.01. The van der Waals surface area contributed by atoms with Crippen LogP contribution < -0.4 is 10.2 Å². The molecule has 29 heavy (non-hydrogen) atoms. The van der Waals surface area contributed by atoms with E-state index in [4.69, 9.17) is 4.74 Å². The second kappa shape index (κ2) is 9.49. The molecule has 1 saturated heterocycles. The van der Waals surface area contributed by atoms with Crippen LogP contribution in [0.25, 0.3) is 0 Å². The van der Waals surface area contributed by atoms with Crippen LogP contribution in [0, 0.1) is 0 Å². The molecule has 7 nitrogen and oxygen atoms in total. The molecule has 8 heteroatoms. The Kier molecular flexibility index (Phi) is 7.02. The van der Waals surface area contributed by atoms with Gasteiger partial charge in [-0.05, 0) is 24.3 Å². The number of carbonyl (C=O) groups excluding carboxylic acids is 1. The number of hydrogen-bond acceptors (Lipinski definition) is 4. The maximum Gasteiger partial charge on any atom is 0.251 e. The average molecular weight is 419 g/mol. The van der Waals surface area contributed by atoms with Crippen molar-refractivity contribution in [3.8, 4) is 0 Å². The van der Waals surface area contributed by atoms with Crippen LogP contribution in [0.15, 0.2) is 59.5 Å². The van der Waals surface area contributed by atoms with E-state index in [1.807, 2.05) is 18.2 Å². The number of benzene rings is 2. The van der Waals surface area contributed by atoms with Crippen molar-refractivity contribution >= 4 is 15.9 Å². The van der Waals surface area contributed by atoms with Gasteiger partial charge in [0.2, 0.25) is 10.0 Å². The Balaban J connectivity index is 1.52. The van der Waals surface area contributed by atoms with E-state index in [1.165, 1.54) is 48.8 Å². The molecule has 1 aliphatic heterocycles. The van der Waals surface area contributed by atoms with Crippen molar-refractivity contribution < 1.29 is 22.8 Å². The summed E-state index contributed by atoms with van der Waals surface area (Å²) in [6.45, 7) is 3.81. The van der Waals surface area contributed by atoms with E-state index in [0.717, 1.165) is 23.9 Å². The Labute approximate surface area is 172 Å². The predicted molar refractivity (Wildman–Crippen MR) is 110 cm³/mol. The van der Waals surface area contributed by atoms with Gasteiger partial charge in [0.1, 0.15) is 25.7 Å². The topological polar surface area (TPSA) is 80.2 Å². The molecule has 0 aromatic heterocycles. The van der Waals surface area contributed by atoms with Crippen molar-refractivity contribution in [3.63, 3.8) is 0 Å². The molecule has 2 aromatic rings. The lowest BCUT2D eigenvalue weighted by Gasteiger charge is -2.30. The number of quaternary nitrogens is 1. The van der Waals surface area contributed by atoms with E-state index >= 15 is 0 Å². The molecule has 3 rings (SSSR count). The van der Waals surface area contributed by atoms with Gasteiger partial charge in [0.15, 0.2) is 0 Å². The number of amides is 1. The lowest BCUT2D eigenvalue weighted by molar-refractivity contribution is -0.925. The third-order valence-corrected chi connectivity index (χ3v) is 6.84. The molecular weight excluding hydrogens is 390 g/mol. The number of ether oxygens (including phenoxy) is 1. The van der Waals surface area contributed by atoms with Gasteiger partial charge >= 0.3 is 0 Å². The molecule has 0 bridgehead atoms. The summed E-state index contributed by atoms with van der Waals surface area (Å²) < 4.78 is 31.2. The van der Waals surface area contributed by atoms with Gasteiger partial charge in [0.05, 0.1) is 11.5 Å². The Morgan fingerprint density at radius 1 is 1.14 bits per heavy atom. The third kappa shape index (κ3) is 5.63. The summed E-state index contributed by atoms with van der Waals surface area (Å²) >= 11 is 0. The highest BCUT2D eigenvalue weighted by Crippen LogP contribution is 2.14. The van der Waals surface area contributed by atoms with Crippen molar-refractivity contribution in [1.29, 1.82) is 0 Å². The maximum atomic E-state index is 12.4. The minimum Gasteiger partial charge on any atom is -0.365 e. The molecule has 1 amide bonds. The van der Waals surface area contributed by atoms with Crippen LogP contribution in [0.3, 0.4) is 0 Å². The van der Waals surface area contributed by atoms with Crippen LogP contribution in [-0.2, 0) is 21.3 Å². The van der Waals surface area contributed by atoms with Crippen LogP contribution >= 0.6 is 0 Å². The van der Waals surface area contributed by atoms with Crippen LogP contribution in [0.4, 0.5) is 0 Å². The SMILES string of the molecule is CN(C)S(=O)(=O)c1ccc(C(=O)NC[C@@H]2C[NH+](Cc3ccccc3)CCO2)cc1. The molecule has 0 saturated carbocycles. The van der Waals surface area contributed by atoms with Crippen LogP contribution in [-0.4, -0.2) is 65.1 Å². The van der Waals surface area contributed by atoms with Crippen molar-refractivity contribution in [2.45, 2.75) is 17.5 Å². The fraction of sp³-hybridized carbons (Fsp3) is 0.381. The first-order chi connectivity index (χ1) is 13.9. The zero-order valence-electron chi connectivity index (χ0n) is 16.8. The van der Waals surface area contributed by atoms with Gasteiger partial charge in [-0.15, -0.1) is 0 Å². The molecular formula is C21H28N3O4S+. The molecule has 0 radical (unpaired) electrons. The molecule has 2 aromatic carbocycles. The van der Waals surface area contributed by atoms with E-state index in [-0.39, 0.29) is 16.9 Å². The van der Waals surface area contributed by atoms with Crippen LogP contribution in [0.2, 0.25) is 0 Å². The van der Waals surface area contributed by atoms with Gasteiger partial charge in [-0.25, -0.2) is 12.7 Å². The first kappa shape index (κ1) is 21.4. The second-order valence-corrected chi connectivity index (χ2v) is 9.53. The Morgan fingerprint density at radius 3 is 2.48 bits per heavy atom. The molecule has 1 heterocycles. The van der Waals surface area contributed by atoms with Gasteiger partial charge in [0, 0.05) is 31.8 Å². The minimum absolute atomic E-state index is 0.0418. The van der Waals surface area contributed by atoms with E-state index in [1.54, 1.807) is 0 Å². The highest BCUT2D eigenvalue weighted by atomic mass is 32.2. The first-order valence-electron chi connectivity index (χ1n) is 9.66. The summed E-state index contributed by atoms with van der Waals surface area (Å²) in [5.41, 5.74) is 1.71. The smallest absolute Gasteiger partial charge is 0.251 e. The van der Waals surface area contributed by atoms with E-state index in [9.17, 15) is 13.2 Å². The van der Waals surface area contributed by atoms with Crippen molar-refractivity contribution in [2.75, 3.05) is 40.3 Å². The molecule has 156 valence electrons. The van der Waals surface area contributed by atoms with Crippen molar-refractivity contribution in [3.05, 3.63) is 65.7 Å². The van der Waals surface area contributed by atoms with Gasteiger partial charge < -0.3 is 15.0 Å². The van der Waals surface area contributed by atoms with Gasteiger partial charge in [-0.1, -0.05) is 30.3 Å². The standard InChI is InChI=1S/C21H27N3O4S/c1-23(2)29(26,27)20-10-8-18(9-11-20)21(25)22-14-19-16-24(12-13-28-19)15-17-6-4-3-5-7-17/h3-11,19H,12-16H2,1-2H3,(H,22,25)/p+1/t19-/m1/s1. The monoisotopic (exact) mass is 418 g/mol. The lowest BCUT2D eigenvalue weighted by atomic mass is 10.2. The highest BCUT2D eigenvalue weighted by Gasteiger charge is 2.24. The van der Waals surface area contributed by atoms with Crippen LogP contribution in [0.5, 0.6) is 0 Å². The Bertz CT molecular complexity index is 915. The molecule has 1 unspecified atom stereocenters. The molecule has 1 fully saturated rings. The number of nitrogens with zero attached hydrogens (tertiary/aromatic N) is 1. The first-order valence-corrected chi connectivity index (χ1v) is 11.1. The lowest BCUT2D eigenvalue weighted by Crippen LogP contribution is -3.13. The average Bonchev–Trinajstić information content (AvgIpc) is 2.73. The van der Waals surface area contributed by atoms with Crippen LogP contribution in [0.1, 0.15) is 15.9 Å². The quantitative estimate of drug-likeness (QED) is 0.671. The Morgan fingerprint density at radius 2 is 1.83 bits per heavy atom. The summed E-state index contributed by atoms with van der Waals surface area (Å²) in [5, 5.41) is 2.90. The fourth-order valence-corrected chi connectivity index (χ4v) is 4.23.